The zero-order chi connectivity index (χ0) is 19.4. The average Bonchev–Trinajstić information content (AvgIpc) is 3.02. The van der Waals surface area contributed by atoms with Crippen LogP contribution in [0, 0.1) is 4.77 Å². The summed E-state index contributed by atoms with van der Waals surface area (Å²) in [5.74, 6) is 1.88. The average molecular weight is 406 g/mol. The Morgan fingerprint density at radius 2 is 2.04 bits per heavy atom. The maximum absolute atomic E-state index is 6.24. The van der Waals surface area contributed by atoms with Crippen molar-refractivity contribution in [2.45, 2.75) is 26.5 Å². The van der Waals surface area contributed by atoms with Gasteiger partial charge in [-0.05, 0) is 44.3 Å². The Kier molecular flexibility index (Phi) is 5.98. The van der Waals surface area contributed by atoms with Gasteiger partial charge in [-0.3, -0.25) is 4.98 Å². The van der Waals surface area contributed by atoms with E-state index in [0.29, 0.717) is 33.7 Å². The summed E-state index contributed by atoms with van der Waals surface area (Å²) in [7, 11) is 1.59. The SMILES string of the molecule is COc1cc(Cl)cc(CNn2c(-c3ccncc3)n[nH]c2=S)c1OC(C)C. The third kappa shape index (κ3) is 4.40. The molecule has 0 fully saturated rings. The number of pyridine rings is 1. The molecule has 142 valence electrons. The molecule has 27 heavy (non-hydrogen) atoms. The molecule has 9 heteroatoms. The molecule has 0 spiro atoms. The molecule has 1 aromatic carbocycles. The Hall–Kier alpha value is -2.58. The largest absolute Gasteiger partial charge is 0.493 e. The summed E-state index contributed by atoms with van der Waals surface area (Å²) < 4.78 is 13.5. The Labute approximate surface area is 167 Å². The second kappa shape index (κ2) is 8.41. The van der Waals surface area contributed by atoms with Gasteiger partial charge < -0.3 is 14.9 Å². The minimum Gasteiger partial charge on any atom is -0.493 e. The number of aromatic amines is 1. The van der Waals surface area contributed by atoms with Crippen molar-refractivity contribution in [3.8, 4) is 22.9 Å². The van der Waals surface area contributed by atoms with Crippen LogP contribution in [-0.2, 0) is 6.54 Å². The first-order valence-electron chi connectivity index (χ1n) is 8.34. The number of rotatable bonds is 7. The monoisotopic (exact) mass is 405 g/mol. The molecule has 3 rings (SSSR count). The van der Waals surface area contributed by atoms with Crippen molar-refractivity contribution in [2.24, 2.45) is 0 Å². The highest BCUT2D eigenvalue weighted by Gasteiger charge is 2.16. The van der Waals surface area contributed by atoms with Crippen LogP contribution in [0.3, 0.4) is 0 Å². The molecule has 0 atom stereocenters. The molecule has 7 nitrogen and oxygen atoms in total. The van der Waals surface area contributed by atoms with Gasteiger partial charge in [0.25, 0.3) is 0 Å². The lowest BCUT2D eigenvalue weighted by atomic mass is 10.2. The zero-order valence-electron chi connectivity index (χ0n) is 15.2. The topological polar surface area (TPSA) is 77.0 Å². The van der Waals surface area contributed by atoms with Gasteiger partial charge in [-0.2, -0.15) is 5.10 Å². The summed E-state index contributed by atoms with van der Waals surface area (Å²) in [5, 5.41) is 7.66. The van der Waals surface area contributed by atoms with Crippen LogP contribution >= 0.6 is 23.8 Å². The summed E-state index contributed by atoms with van der Waals surface area (Å²) in [6, 6.07) is 7.29. The number of aromatic nitrogens is 4. The van der Waals surface area contributed by atoms with E-state index in [2.05, 4.69) is 20.6 Å². The van der Waals surface area contributed by atoms with E-state index in [9.17, 15) is 0 Å². The maximum Gasteiger partial charge on any atom is 0.214 e. The number of benzene rings is 1. The van der Waals surface area contributed by atoms with E-state index in [1.165, 1.54) is 0 Å². The highest BCUT2D eigenvalue weighted by atomic mass is 35.5. The van der Waals surface area contributed by atoms with Crippen LogP contribution in [0.1, 0.15) is 19.4 Å². The van der Waals surface area contributed by atoms with E-state index in [0.717, 1.165) is 11.1 Å². The molecule has 2 N–H and O–H groups in total. The highest BCUT2D eigenvalue weighted by Crippen LogP contribution is 2.35. The van der Waals surface area contributed by atoms with Gasteiger partial charge in [-0.15, -0.1) is 0 Å². The first-order chi connectivity index (χ1) is 13.0. The van der Waals surface area contributed by atoms with Gasteiger partial charge in [-0.1, -0.05) is 11.6 Å². The summed E-state index contributed by atoms with van der Waals surface area (Å²) in [4.78, 5) is 4.03. The molecule has 0 radical (unpaired) electrons. The van der Waals surface area contributed by atoms with Crippen LogP contribution in [0.5, 0.6) is 11.5 Å². The molecular weight excluding hydrogens is 386 g/mol. The number of nitrogens with zero attached hydrogens (tertiary/aromatic N) is 3. The standard InChI is InChI=1S/C18H20ClN5O2S/c1-11(2)26-16-13(8-14(19)9-15(16)25-3)10-21-24-17(22-23-18(24)27)12-4-6-20-7-5-12/h4-9,11,21H,10H2,1-3H3,(H,23,27). The first-order valence-corrected chi connectivity index (χ1v) is 9.13. The molecule has 0 saturated heterocycles. The minimum absolute atomic E-state index is 0.0118. The van der Waals surface area contributed by atoms with Crippen molar-refractivity contribution in [3.05, 3.63) is 52.0 Å². The quantitative estimate of drug-likeness (QED) is 0.574. The van der Waals surface area contributed by atoms with Gasteiger partial charge in [0.15, 0.2) is 17.3 Å². The number of hydrogen-bond donors (Lipinski definition) is 2. The zero-order valence-corrected chi connectivity index (χ0v) is 16.8. The van der Waals surface area contributed by atoms with Crippen molar-refractivity contribution in [1.29, 1.82) is 0 Å². The molecule has 2 aromatic heterocycles. The number of H-pyrrole nitrogens is 1. The Balaban J connectivity index is 1.93. The second-order valence-corrected chi connectivity index (χ2v) is 6.84. The van der Waals surface area contributed by atoms with Gasteiger partial charge >= 0.3 is 0 Å². The molecule has 2 heterocycles. The number of ether oxygens (including phenoxy) is 2. The normalized spacial score (nSPS) is 10.9. The highest BCUT2D eigenvalue weighted by molar-refractivity contribution is 7.71. The Morgan fingerprint density at radius 1 is 1.30 bits per heavy atom. The molecule has 0 amide bonds. The van der Waals surface area contributed by atoms with Crippen LogP contribution in [0.15, 0.2) is 36.7 Å². The Morgan fingerprint density at radius 3 is 2.70 bits per heavy atom. The third-order valence-electron chi connectivity index (χ3n) is 3.71. The summed E-state index contributed by atoms with van der Waals surface area (Å²) >= 11 is 11.6. The van der Waals surface area contributed by atoms with Crippen molar-refractivity contribution in [3.63, 3.8) is 0 Å². The van der Waals surface area contributed by atoms with Crippen LogP contribution in [0.25, 0.3) is 11.4 Å². The minimum atomic E-state index is -0.0118. The van der Waals surface area contributed by atoms with Crippen molar-refractivity contribution < 1.29 is 9.47 Å². The summed E-state index contributed by atoms with van der Waals surface area (Å²) in [5.41, 5.74) is 5.00. The van der Waals surface area contributed by atoms with Crippen molar-refractivity contribution in [1.82, 2.24) is 19.9 Å². The van der Waals surface area contributed by atoms with Crippen LogP contribution in [-0.4, -0.2) is 33.1 Å². The molecule has 0 aliphatic heterocycles. The van der Waals surface area contributed by atoms with E-state index < -0.39 is 0 Å². The van der Waals surface area contributed by atoms with Crippen molar-refractivity contribution >= 4 is 23.8 Å². The fourth-order valence-electron chi connectivity index (χ4n) is 2.58. The molecule has 0 aliphatic carbocycles. The molecule has 0 saturated carbocycles. The Bertz CT molecular complexity index is 972. The second-order valence-electron chi connectivity index (χ2n) is 6.02. The molecule has 0 aliphatic rings. The lowest BCUT2D eigenvalue weighted by molar-refractivity contribution is 0.227. The smallest absolute Gasteiger partial charge is 0.214 e. The third-order valence-corrected chi connectivity index (χ3v) is 4.20. The predicted molar refractivity (Wildman–Crippen MR) is 107 cm³/mol. The number of methoxy groups -OCH3 is 1. The fraction of sp³-hybridized carbons (Fsp3) is 0.278. The van der Waals surface area contributed by atoms with E-state index in [1.807, 2.05) is 32.0 Å². The van der Waals surface area contributed by atoms with E-state index >= 15 is 0 Å². The molecule has 3 aromatic rings. The summed E-state index contributed by atoms with van der Waals surface area (Å²) in [6.07, 6.45) is 3.39. The van der Waals surface area contributed by atoms with E-state index in [4.69, 9.17) is 33.3 Å². The van der Waals surface area contributed by atoms with Gasteiger partial charge in [0.05, 0.1) is 19.8 Å². The van der Waals surface area contributed by atoms with Gasteiger partial charge in [0, 0.05) is 34.6 Å². The van der Waals surface area contributed by atoms with Gasteiger partial charge in [-0.25, -0.2) is 9.77 Å². The van der Waals surface area contributed by atoms with Gasteiger partial charge in [0.1, 0.15) is 0 Å². The lowest BCUT2D eigenvalue weighted by Gasteiger charge is -2.19. The van der Waals surface area contributed by atoms with E-state index in [1.54, 1.807) is 30.2 Å². The number of nitrogens with one attached hydrogen (secondary N) is 2. The van der Waals surface area contributed by atoms with Crippen LogP contribution in [0.2, 0.25) is 5.02 Å². The molecule has 0 bridgehead atoms. The fourth-order valence-corrected chi connectivity index (χ4v) is 3.01. The molecule has 0 unspecified atom stereocenters. The van der Waals surface area contributed by atoms with Crippen LogP contribution < -0.4 is 14.9 Å². The maximum atomic E-state index is 6.24. The van der Waals surface area contributed by atoms with E-state index in [-0.39, 0.29) is 6.10 Å². The summed E-state index contributed by atoms with van der Waals surface area (Å²) in [6.45, 7) is 4.32. The molecular formula is C18H20ClN5O2S. The lowest BCUT2D eigenvalue weighted by Crippen LogP contribution is -2.17. The van der Waals surface area contributed by atoms with Crippen LogP contribution in [0.4, 0.5) is 0 Å². The number of halogens is 1. The predicted octanol–water partition coefficient (Wildman–Crippen LogP) is 4.20. The van der Waals surface area contributed by atoms with Crippen molar-refractivity contribution in [2.75, 3.05) is 12.5 Å². The first kappa shape index (κ1) is 19.2. The van der Waals surface area contributed by atoms with Gasteiger partial charge in [0.2, 0.25) is 4.77 Å². The number of hydrogen-bond acceptors (Lipinski definition) is 6.